The summed E-state index contributed by atoms with van der Waals surface area (Å²) < 4.78 is 0. The van der Waals surface area contributed by atoms with E-state index in [1.165, 1.54) is 0 Å². The zero-order chi connectivity index (χ0) is 12.3. The maximum Gasteiger partial charge on any atom is 0.307 e. The fourth-order valence-electron chi connectivity index (χ4n) is 2.79. The number of likely N-dealkylation sites (tertiary alicyclic amines) is 1. The maximum absolute atomic E-state index is 11.1. The first kappa shape index (κ1) is 13.5. The molecule has 16 heavy (non-hydrogen) atoms. The Morgan fingerprint density at radius 1 is 1.38 bits per heavy atom. The van der Waals surface area contributed by atoms with Crippen molar-refractivity contribution < 1.29 is 9.90 Å². The molecule has 0 aromatic heterocycles. The minimum atomic E-state index is -0.683. The van der Waals surface area contributed by atoms with Crippen molar-refractivity contribution in [3.05, 3.63) is 0 Å². The molecule has 4 nitrogen and oxygen atoms in total. The Balaban J connectivity index is 2.67. The van der Waals surface area contributed by atoms with Crippen LogP contribution in [0.5, 0.6) is 0 Å². The molecule has 0 bridgehead atoms. The van der Waals surface area contributed by atoms with Gasteiger partial charge in [-0.3, -0.25) is 4.79 Å². The van der Waals surface area contributed by atoms with Crippen LogP contribution in [0.4, 0.5) is 0 Å². The number of carbonyl (C=O) groups is 1. The van der Waals surface area contributed by atoms with Crippen LogP contribution in [0.1, 0.15) is 19.8 Å². The third-order valence-electron chi connectivity index (χ3n) is 3.74. The van der Waals surface area contributed by atoms with E-state index in [0.717, 1.165) is 25.9 Å². The van der Waals surface area contributed by atoms with Crippen molar-refractivity contribution in [2.24, 2.45) is 11.8 Å². The molecule has 1 aliphatic rings. The fraction of sp³-hybridized carbons (Fsp3) is 0.917. The summed E-state index contributed by atoms with van der Waals surface area (Å²) in [5.41, 5.74) is 0. The average molecular weight is 228 g/mol. The molecular weight excluding hydrogens is 204 g/mol. The van der Waals surface area contributed by atoms with E-state index in [0.29, 0.717) is 5.92 Å². The highest BCUT2D eigenvalue weighted by Crippen LogP contribution is 2.27. The number of carboxylic acids is 1. The Kier molecular flexibility index (Phi) is 4.74. The molecule has 1 fully saturated rings. The lowest BCUT2D eigenvalue weighted by Gasteiger charge is -2.39. The smallest absolute Gasteiger partial charge is 0.307 e. The molecule has 94 valence electrons. The predicted molar refractivity (Wildman–Crippen MR) is 64.5 cm³/mol. The van der Waals surface area contributed by atoms with Crippen LogP contribution in [-0.2, 0) is 4.79 Å². The molecule has 4 heteroatoms. The maximum atomic E-state index is 11.1. The second-order valence-electron chi connectivity index (χ2n) is 5.22. The van der Waals surface area contributed by atoms with Crippen LogP contribution < -0.4 is 0 Å². The number of carboxylic acid groups (broad SMARTS) is 1. The molecular formula is C12H24N2O2. The number of rotatable bonds is 4. The first-order valence-corrected chi connectivity index (χ1v) is 6.01. The molecule has 1 rings (SSSR count). The van der Waals surface area contributed by atoms with Gasteiger partial charge in [0.15, 0.2) is 0 Å². The monoisotopic (exact) mass is 228 g/mol. The molecule has 0 radical (unpaired) electrons. The summed E-state index contributed by atoms with van der Waals surface area (Å²) in [6.07, 6.45) is 2.22. The number of hydrogen-bond acceptors (Lipinski definition) is 3. The van der Waals surface area contributed by atoms with Crippen molar-refractivity contribution in [3.8, 4) is 0 Å². The van der Waals surface area contributed by atoms with Gasteiger partial charge in [-0.1, -0.05) is 6.92 Å². The summed E-state index contributed by atoms with van der Waals surface area (Å²) in [4.78, 5) is 15.5. The number of aliphatic carboxylic acids is 1. The Morgan fingerprint density at radius 2 is 1.88 bits per heavy atom. The van der Waals surface area contributed by atoms with Gasteiger partial charge < -0.3 is 14.9 Å². The average Bonchev–Trinajstić information content (AvgIpc) is 2.20. The number of nitrogens with zero attached hydrogens (tertiary/aromatic N) is 2. The van der Waals surface area contributed by atoms with Gasteiger partial charge >= 0.3 is 5.97 Å². The van der Waals surface area contributed by atoms with E-state index in [1.807, 2.05) is 21.0 Å². The van der Waals surface area contributed by atoms with Gasteiger partial charge in [0.1, 0.15) is 0 Å². The largest absolute Gasteiger partial charge is 0.481 e. The van der Waals surface area contributed by atoms with Gasteiger partial charge in [-0.25, -0.2) is 0 Å². The summed E-state index contributed by atoms with van der Waals surface area (Å²) in [6.45, 7) is 3.99. The summed E-state index contributed by atoms with van der Waals surface area (Å²) in [7, 11) is 6.10. The summed E-state index contributed by atoms with van der Waals surface area (Å²) in [5.74, 6) is -0.460. The fourth-order valence-corrected chi connectivity index (χ4v) is 2.79. The van der Waals surface area contributed by atoms with Crippen molar-refractivity contribution in [2.45, 2.75) is 25.8 Å². The zero-order valence-corrected chi connectivity index (χ0v) is 10.8. The minimum absolute atomic E-state index is 0.159. The second-order valence-corrected chi connectivity index (χ2v) is 5.22. The van der Waals surface area contributed by atoms with Crippen LogP contribution in [0.25, 0.3) is 0 Å². The third kappa shape index (κ3) is 3.19. The van der Waals surface area contributed by atoms with Gasteiger partial charge in [0.2, 0.25) is 0 Å². The normalized spacial score (nSPS) is 23.3. The van der Waals surface area contributed by atoms with Crippen molar-refractivity contribution >= 4 is 5.97 Å². The highest BCUT2D eigenvalue weighted by Gasteiger charge is 2.34. The van der Waals surface area contributed by atoms with Crippen LogP contribution in [0.2, 0.25) is 0 Å². The van der Waals surface area contributed by atoms with E-state index in [-0.39, 0.29) is 12.0 Å². The lowest BCUT2D eigenvalue weighted by atomic mass is 9.82. The first-order chi connectivity index (χ1) is 7.43. The SMILES string of the molecule is CC(C(=O)O)C(C1CCN(C)CC1)N(C)C. The van der Waals surface area contributed by atoms with Gasteiger partial charge in [0.25, 0.3) is 0 Å². The molecule has 0 amide bonds. The molecule has 0 aromatic rings. The Morgan fingerprint density at radius 3 is 2.25 bits per heavy atom. The Hall–Kier alpha value is -0.610. The second kappa shape index (κ2) is 5.64. The first-order valence-electron chi connectivity index (χ1n) is 6.01. The van der Waals surface area contributed by atoms with Crippen molar-refractivity contribution in [3.63, 3.8) is 0 Å². The van der Waals surface area contributed by atoms with Crippen LogP contribution in [0, 0.1) is 11.8 Å². The van der Waals surface area contributed by atoms with E-state index >= 15 is 0 Å². The molecule has 0 aromatic carbocycles. The van der Waals surface area contributed by atoms with E-state index in [4.69, 9.17) is 5.11 Å². The van der Waals surface area contributed by atoms with Crippen molar-refractivity contribution in [1.29, 1.82) is 0 Å². The van der Waals surface area contributed by atoms with E-state index in [2.05, 4.69) is 16.8 Å². The molecule has 0 spiro atoms. The Labute approximate surface area is 98.2 Å². The lowest BCUT2D eigenvalue weighted by molar-refractivity contribution is -0.144. The molecule has 1 aliphatic heterocycles. The van der Waals surface area contributed by atoms with Gasteiger partial charge in [0.05, 0.1) is 5.92 Å². The summed E-state index contributed by atoms with van der Waals surface area (Å²) >= 11 is 0. The minimum Gasteiger partial charge on any atom is -0.481 e. The summed E-state index contributed by atoms with van der Waals surface area (Å²) in [5, 5.41) is 9.15. The molecule has 2 unspecified atom stereocenters. The quantitative estimate of drug-likeness (QED) is 0.779. The zero-order valence-electron chi connectivity index (χ0n) is 10.8. The molecule has 1 saturated heterocycles. The van der Waals surface area contributed by atoms with Gasteiger partial charge in [-0.15, -0.1) is 0 Å². The van der Waals surface area contributed by atoms with Gasteiger partial charge in [-0.05, 0) is 53.0 Å². The molecule has 0 saturated carbocycles. The standard InChI is InChI=1S/C12H24N2O2/c1-9(12(15)16)11(13(2)3)10-5-7-14(4)8-6-10/h9-11H,5-8H2,1-4H3,(H,15,16). The van der Waals surface area contributed by atoms with Crippen LogP contribution in [0.15, 0.2) is 0 Å². The third-order valence-corrected chi connectivity index (χ3v) is 3.74. The van der Waals surface area contributed by atoms with E-state index < -0.39 is 5.97 Å². The molecule has 1 heterocycles. The van der Waals surface area contributed by atoms with Crippen molar-refractivity contribution in [2.75, 3.05) is 34.2 Å². The van der Waals surface area contributed by atoms with Crippen LogP contribution in [-0.4, -0.2) is 61.2 Å². The van der Waals surface area contributed by atoms with Crippen LogP contribution in [0.3, 0.4) is 0 Å². The van der Waals surface area contributed by atoms with E-state index in [9.17, 15) is 4.79 Å². The van der Waals surface area contributed by atoms with E-state index in [1.54, 1.807) is 0 Å². The Bertz CT molecular complexity index is 235. The highest BCUT2D eigenvalue weighted by atomic mass is 16.4. The predicted octanol–water partition coefficient (Wildman–Crippen LogP) is 0.979. The van der Waals surface area contributed by atoms with Crippen LogP contribution >= 0.6 is 0 Å². The van der Waals surface area contributed by atoms with Gasteiger partial charge in [0, 0.05) is 6.04 Å². The molecule has 2 atom stereocenters. The molecule has 1 N–H and O–H groups in total. The lowest BCUT2D eigenvalue weighted by Crippen LogP contribution is -2.47. The van der Waals surface area contributed by atoms with Gasteiger partial charge in [-0.2, -0.15) is 0 Å². The summed E-state index contributed by atoms with van der Waals surface area (Å²) in [6, 6.07) is 0.159. The number of piperidine rings is 1. The topological polar surface area (TPSA) is 43.8 Å². The highest BCUT2D eigenvalue weighted by molar-refractivity contribution is 5.70. The van der Waals surface area contributed by atoms with Crippen molar-refractivity contribution in [1.82, 2.24) is 9.80 Å². The molecule has 0 aliphatic carbocycles. The number of hydrogen-bond donors (Lipinski definition) is 1.